The average Bonchev–Trinajstić information content (AvgIpc) is 3.07. The zero-order valence-corrected chi connectivity index (χ0v) is 21.9. The topological polar surface area (TPSA) is 58.1 Å². The number of guanidine groups is 1. The van der Waals surface area contributed by atoms with Crippen molar-refractivity contribution in [1.29, 1.82) is 0 Å². The Morgan fingerprint density at radius 1 is 1.30 bits per heavy atom. The van der Waals surface area contributed by atoms with E-state index in [1.807, 2.05) is 0 Å². The van der Waals surface area contributed by atoms with Crippen LogP contribution < -0.4 is 20.1 Å². The molecule has 1 aliphatic rings. The Labute approximate surface area is 200 Å². The summed E-state index contributed by atoms with van der Waals surface area (Å²) >= 11 is 0. The van der Waals surface area contributed by atoms with Crippen molar-refractivity contribution in [3.8, 4) is 11.5 Å². The first-order valence-corrected chi connectivity index (χ1v) is 11.1. The maximum absolute atomic E-state index is 5.91. The third kappa shape index (κ3) is 8.13. The van der Waals surface area contributed by atoms with Gasteiger partial charge < -0.3 is 25.0 Å². The maximum atomic E-state index is 5.91. The van der Waals surface area contributed by atoms with Crippen LogP contribution in [0.3, 0.4) is 0 Å². The van der Waals surface area contributed by atoms with Gasteiger partial charge in [0.1, 0.15) is 17.6 Å². The molecule has 2 unspecified atom stereocenters. The average molecular weight is 533 g/mol. The predicted molar refractivity (Wildman–Crippen MR) is 137 cm³/mol. The van der Waals surface area contributed by atoms with Gasteiger partial charge in [-0.3, -0.25) is 0 Å². The van der Waals surface area contributed by atoms with E-state index in [0.717, 1.165) is 62.0 Å². The highest BCUT2D eigenvalue weighted by Crippen LogP contribution is 2.35. The van der Waals surface area contributed by atoms with Crippen molar-refractivity contribution >= 4 is 29.9 Å². The summed E-state index contributed by atoms with van der Waals surface area (Å²) in [6.07, 6.45) is 3.47. The second kappa shape index (κ2) is 14.0. The van der Waals surface area contributed by atoms with Crippen LogP contribution in [-0.4, -0.2) is 56.3 Å². The third-order valence-electron chi connectivity index (χ3n) is 5.44. The SMILES string of the molecule is CCNC(=NCc1cc2c(cc1OC)CC(C)O2)NC(C)CCCN(CC)CC.I. The molecule has 1 aromatic carbocycles. The van der Waals surface area contributed by atoms with Crippen LogP contribution in [0.4, 0.5) is 0 Å². The minimum Gasteiger partial charge on any atom is -0.496 e. The summed E-state index contributed by atoms with van der Waals surface area (Å²) in [5, 5.41) is 6.90. The van der Waals surface area contributed by atoms with Gasteiger partial charge in [0.05, 0.1) is 13.7 Å². The van der Waals surface area contributed by atoms with Gasteiger partial charge in [-0.1, -0.05) is 13.8 Å². The van der Waals surface area contributed by atoms with Crippen LogP contribution in [-0.2, 0) is 13.0 Å². The number of aliphatic imine (C=N–C) groups is 1. The molecule has 6 nitrogen and oxygen atoms in total. The minimum atomic E-state index is 0. The number of methoxy groups -OCH3 is 1. The molecule has 2 rings (SSSR count). The molecule has 30 heavy (non-hydrogen) atoms. The second-order valence-corrected chi connectivity index (χ2v) is 7.81. The molecule has 1 aromatic rings. The highest BCUT2D eigenvalue weighted by molar-refractivity contribution is 14.0. The molecule has 0 radical (unpaired) electrons. The molecule has 0 spiro atoms. The van der Waals surface area contributed by atoms with E-state index in [4.69, 9.17) is 14.5 Å². The molecule has 0 aliphatic carbocycles. The smallest absolute Gasteiger partial charge is 0.191 e. The molecule has 0 aromatic heterocycles. The number of benzene rings is 1. The normalized spacial score (nSPS) is 16.5. The highest BCUT2D eigenvalue weighted by atomic mass is 127. The number of ether oxygens (including phenoxy) is 2. The number of nitrogens with zero attached hydrogens (tertiary/aromatic N) is 2. The summed E-state index contributed by atoms with van der Waals surface area (Å²) in [6.45, 7) is 15.6. The van der Waals surface area contributed by atoms with Gasteiger partial charge in [-0.15, -0.1) is 24.0 Å². The van der Waals surface area contributed by atoms with E-state index in [9.17, 15) is 0 Å². The summed E-state index contributed by atoms with van der Waals surface area (Å²) < 4.78 is 11.5. The van der Waals surface area contributed by atoms with Crippen molar-refractivity contribution in [3.05, 3.63) is 23.3 Å². The quantitative estimate of drug-likeness (QED) is 0.254. The van der Waals surface area contributed by atoms with Crippen molar-refractivity contribution in [2.45, 2.75) is 72.6 Å². The number of nitrogens with one attached hydrogen (secondary N) is 2. The minimum absolute atomic E-state index is 0. The molecule has 0 fully saturated rings. The fraction of sp³-hybridized carbons (Fsp3) is 0.696. The molecule has 1 aliphatic heterocycles. The van der Waals surface area contributed by atoms with E-state index in [-0.39, 0.29) is 30.1 Å². The summed E-state index contributed by atoms with van der Waals surface area (Å²) in [6, 6.07) is 4.55. The molecule has 172 valence electrons. The van der Waals surface area contributed by atoms with Crippen molar-refractivity contribution in [3.63, 3.8) is 0 Å². The third-order valence-corrected chi connectivity index (χ3v) is 5.44. The zero-order valence-electron chi connectivity index (χ0n) is 19.6. The lowest BCUT2D eigenvalue weighted by Crippen LogP contribution is -2.42. The van der Waals surface area contributed by atoms with E-state index in [1.165, 1.54) is 12.0 Å². The van der Waals surface area contributed by atoms with Gasteiger partial charge in [-0.25, -0.2) is 4.99 Å². The summed E-state index contributed by atoms with van der Waals surface area (Å²) in [4.78, 5) is 7.27. The Morgan fingerprint density at radius 3 is 2.67 bits per heavy atom. The van der Waals surface area contributed by atoms with Crippen LogP contribution in [0.5, 0.6) is 11.5 Å². The first kappa shape index (κ1) is 26.8. The predicted octanol–water partition coefficient (Wildman–Crippen LogP) is 4.20. The van der Waals surface area contributed by atoms with Crippen LogP contribution in [0.15, 0.2) is 17.1 Å². The molecule has 0 saturated carbocycles. The molecule has 7 heteroatoms. The first-order valence-electron chi connectivity index (χ1n) is 11.1. The summed E-state index contributed by atoms with van der Waals surface area (Å²) in [5.74, 6) is 2.69. The lowest BCUT2D eigenvalue weighted by Gasteiger charge is -2.21. The second-order valence-electron chi connectivity index (χ2n) is 7.81. The fourth-order valence-corrected chi connectivity index (χ4v) is 3.75. The van der Waals surface area contributed by atoms with E-state index in [0.29, 0.717) is 12.6 Å². The van der Waals surface area contributed by atoms with Crippen LogP contribution >= 0.6 is 24.0 Å². The van der Waals surface area contributed by atoms with Crippen molar-refractivity contribution in [1.82, 2.24) is 15.5 Å². The van der Waals surface area contributed by atoms with Crippen molar-refractivity contribution in [2.24, 2.45) is 4.99 Å². The number of fused-ring (bicyclic) bond motifs is 1. The Kier molecular flexibility index (Phi) is 12.5. The van der Waals surface area contributed by atoms with E-state index in [1.54, 1.807) is 7.11 Å². The van der Waals surface area contributed by atoms with Crippen LogP contribution in [0, 0.1) is 0 Å². The fourth-order valence-electron chi connectivity index (χ4n) is 3.75. The zero-order chi connectivity index (χ0) is 21.2. The Hall–Kier alpha value is -1.22. The van der Waals surface area contributed by atoms with Gasteiger partial charge in [0.2, 0.25) is 0 Å². The molecule has 2 N–H and O–H groups in total. The van der Waals surface area contributed by atoms with E-state index in [2.05, 4.69) is 62.3 Å². The van der Waals surface area contributed by atoms with Gasteiger partial charge in [0.15, 0.2) is 5.96 Å². The lowest BCUT2D eigenvalue weighted by molar-refractivity contribution is 0.254. The monoisotopic (exact) mass is 532 g/mol. The standard InChI is InChI=1S/C23H40N4O2.HI/c1-7-24-23(26-17(4)11-10-12-27(8-2)9-3)25-16-20-15-22-19(13-18(5)29-22)14-21(20)28-6;/h14-15,17-18H,7-13,16H2,1-6H3,(H2,24,25,26);1H. The molecule has 0 saturated heterocycles. The lowest BCUT2D eigenvalue weighted by atomic mass is 10.1. The number of hydrogen-bond donors (Lipinski definition) is 2. The van der Waals surface area contributed by atoms with Gasteiger partial charge in [-0.2, -0.15) is 0 Å². The van der Waals surface area contributed by atoms with Crippen molar-refractivity contribution < 1.29 is 9.47 Å². The molecule has 0 amide bonds. The number of halogens is 1. The van der Waals surface area contributed by atoms with Gasteiger partial charge in [-0.05, 0) is 65.4 Å². The summed E-state index contributed by atoms with van der Waals surface area (Å²) in [5.41, 5.74) is 2.26. The van der Waals surface area contributed by atoms with Gasteiger partial charge in [0.25, 0.3) is 0 Å². The van der Waals surface area contributed by atoms with Crippen LogP contribution in [0.1, 0.15) is 58.6 Å². The Balaban J connectivity index is 0.00000450. The van der Waals surface area contributed by atoms with Crippen LogP contribution in [0.2, 0.25) is 0 Å². The van der Waals surface area contributed by atoms with Gasteiger partial charge >= 0.3 is 0 Å². The van der Waals surface area contributed by atoms with E-state index >= 15 is 0 Å². The number of rotatable bonds is 11. The van der Waals surface area contributed by atoms with E-state index < -0.39 is 0 Å². The largest absolute Gasteiger partial charge is 0.496 e. The molecule has 1 heterocycles. The molecule has 2 atom stereocenters. The maximum Gasteiger partial charge on any atom is 0.191 e. The first-order chi connectivity index (χ1) is 14.0. The summed E-state index contributed by atoms with van der Waals surface area (Å²) in [7, 11) is 1.72. The Bertz CT molecular complexity index is 665. The van der Waals surface area contributed by atoms with Crippen LogP contribution in [0.25, 0.3) is 0 Å². The van der Waals surface area contributed by atoms with Gasteiger partial charge in [0, 0.05) is 30.1 Å². The molecular formula is C23H41IN4O2. The molecular weight excluding hydrogens is 491 g/mol. The van der Waals surface area contributed by atoms with Crippen molar-refractivity contribution in [2.75, 3.05) is 33.3 Å². The highest BCUT2D eigenvalue weighted by Gasteiger charge is 2.21. The molecule has 0 bridgehead atoms. The Morgan fingerprint density at radius 2 is 2.03 bits per heavy atom. The number of hydrogen-bond acceptors (Lipinski definition) is 4.